The van der Waals surface area contributed by atoms with Crippen molar-refractivity contribution < 1.29 is 18.3 Å². The van der Waals surface area contributed by atoms with Crippen LogP contribution in [0.3, 0.4) is 0 Å². The van der Waals surface area contributed by atoms with Crippen LogP contribution < -0.4 is 10.1 Å². The number of rotatable bonds is 4. The number of nitrogens with zero attached hydrogens (tertiary/aromatic N) is 1. The van der Waals surface area contributed by atoms with Crippen molar-refractivity contribution in [3.05, 3.63) is 63.6 Å². The number of hydrogen-bond acceptors (Lipinski definition) is 3. The van der Waals surface area contributed by atoms with Gasteiger partial charge in [0.15, 0.2) is 0 Å². The minimum absolute atomic E-state index is 0.219. The summed E-state index contributed by atoms with van der Waals surface area (Å²) in [6, 6.07) is 9.57. The molecule has 0 unspecified atom stereocenters. The summed E-state index contributed by atoms with van der Waals surface area (Å²) >= 11 is 3.29. The Balaban J connectivity index is 2.32. The van der Waals surface area contributed by atoms with Gasteiger partial charge in [-0.05, 0) is 36.4 Å². The lowest BCUT2D eigenvalue weighted by molar-refractivity contribution is -0.112. The van der Waals surface area contributed by atoms with Crippen molar-refractivity contribution >= 4 is 33.6 Å². The van der Waals surface area contributed by atoms with E-state index < -0.39 is 17.5 Å². The lowest BCUT2D eigenvalue weighted by atomic mass is 10.1. The van der Waals surface area contributed by atoms with Crippen molar-refractivity contribution in [1.82, 2.24) is 0 Å². The largest absolute Gasteiger partial charge is 0.496 e. The van der Waals surface area contributed by atoms with Gasteiger partial charge in [0, 0.05) is 16.1 Å². The molecule has 0 saturated heterocycles. The van der Waals surface area contributed by atoms with Gasteiger partial charge < -0.3 is 10.1 Å². The van der Waals surface area contributed by atoms with E-state index in [1.54, 1.807) is 24.3 Å². The van der Waals surface area contributed by atoms with Crippen LogP contribution in [0.25, 0.3) is 6.08 Å². The SMILES string of the molecule is COc1ccc(Br)cc1/C=C(\C#N)C(=O)Nc1ccc(F)cc1F. The number of carbonyl (C=O) groups is 1. The first-order chi connectivity index (χ1) is 11.4. The molecule has 0 aliphatic rings. The summed E-state index contributed by atoms with van der Waals surface area (Å²) in [5.41, 5.74) is 0.0250. The molecule has 0 aliphatic heterocycles. The number of hydrogen-bond donors (Lipinski definition) is 1. The highest BCUT2D eigenvalue weighted by atomic mass is 79.9. The minimum Gasteiger partial charge on any atom is -0.496 e. The van der Waals surface area contributed by atoms with Gasteiger partial charge >= 0.3 is 0 Å². The van der Waals surface area contributed by atoms with E-state index in [2.05, 4.69) is 21.2 Å². The molecule has 122 valence electrons. The molecule has 1 N–H and O–H groups in total. The molecule has 0 fully saturated rings. The fraction of sp³-hybridized carbons (Fsp3) is 0.0588. The van der Waals surface area contributed by atoms with Crippen molar-refractivity contribution in [1.29, 1.82) is 5.26 Å². The third kappa shape index (κ3) is 4.18. The van der Waals surface area contributed by atoms with Crippen LogP contribution in [0.15, 0.2) is 46.4 Å². The molecule has 0 bridgehead atoms. The minimum atomic E-state index is -0.930. The summed E-state index contributed by atoms with van der Waals surface area (Å²) in [7, 11) is 1.46. The lowest BCUT2D eigenvalue weighted by Crippen LogP contribution is -2.14. The van der Waals surface area contributed by atoms with E-state index in [1.165, 1.54) is 13.2 Å². The van der Waals surface area contributed by atoms with Gasteiger partial charge in [0.1, 0.15) is 29.0 Å². The summed E-state index contributed by atoms with van der Waals surface area (Å²) in [6.45, 7) is 0. The summed E-state index contributed by atoms with van der Waals surface area (Å²) in [5, 5.41) is 11.4. The summed E-state index contributed by atoms with van der Waals surface area (Å²) in [4.78, 5) is 12.2. The van der Waals surface area contributed by atoms with Crippen molar-refractivity contribution in [2.75, 3.05) is 12.4 Å². The molecule has 0 aromatic heterocycles. The van der Waals surface area contributed by atoms with Crippen molar-refractivity contribution in [3.8, 4) is 11.8 Å². The first-order valence-electron chi connectivity index (χ1n) is 6.66. The second-order valence-electron chi connectivity index (χ2n) is 4.63. The van der Waals surface area contributed by atoms with Crippen molar-refractivity contribution in [2.45, 2.75) is 0 Å². The fourth-order valence-corrected chi connectivity index (χ4v) is 2.28. The van der Waals surface area contributed by atoms with Crippen LogP contribution >= 0.6 is 15.9 Å². The van der Waals surface area contributed by atoms with Crippen LogP contribution in [0.4, 0.5) is 14.5 Å². The highest BCUT2D eigenvalue weighted by Gasteiger charge is 2.14. The van der Waals surface area contributed by atoms with Gasteiger partial charge in [-0.15, -0.1) is 0 Å². The molecule has 24 heavy (non-hydrogen) atoms. The predicted molar refractivity (Wildman–Crippen MR) is 89.3 cm³/mol. The maximum atomic E-state index is 13.6. The van der Waals surface area contributed by atoms with Gasteiger partial charge in [-0.2, -0.15) is 5.26 Å². The number of halogens is 3. The molecule has 0 heterocycles. The van der Waals surface area contributed by atoms with Gasteiger partial charge in [-0.1, -0.05) is 15.9 Å². The maximum Gasteiger partial charge on any atom is 0.266 e. The second kappa shape index (κ2) is 7.70. The molecule has 4 nitrogen and oxygen atoms in total. The molecule has 0 atom stereocenters. The molecule has 7 heteroatoms. The number of nitrogens with one attached hydrogen (secondary N) is 1. The van der Waals surface area contributed by atoms with E-state index in [1.807, 2.05) is 0 Å². The Labute approximate surface area is 145 Å². The third-order valence-electron chi connectivity index (χ3n) is 3.04. The maximum absolute atomic E-state index is 13.6. The van der Waals surface area contributed by atoms with Crippen LogP contribution in [0.2, 0.25) is 0 Å². The smallest absolute Gasteiger partial charge is 0.266 e. The number of anilines is 1. The molecule has 0 radical (unpaired) electrons. The summed E-state index contributed by atoms with van der Waals surface area (Å²) in [5.74, 6) is -2.04. The van der Waals surface area contributed by atoms with Crippen molar-refractivity contribution in [2.24, 2.45) is 0 Å². The molecule has 0 saturated carbocycles. The van der Waals surface area contributed by atoms with Gasteiger partial charge in [0.05, 0.1) is 12.8 Å². The zero-order chi connectivity index (χ0) is 17.7. The molecular weight excluding hydrogens is 382 g/mol. The first kappa shape index (κ1) is 17.6. The first-order valence-corrected chi connectivity index (χ1v) is 7.45. The van der Waals surface area contributed by atoms with Crippen LogP contribution in [-0.4, -0.2) is 13.0 Å². The van der Waals surface area contributed by atoms with Gasteiger partial charge in [0.2, 0.25) is 0 Å². The average Bonchev–Trinajstić information content (AvgIpc) is 2.55. The predicted octanol–water partition coefficient (Wildman–Crippen LogP) is 4.28. The summed E-state index contributed by atoms with van der Waals surface area (Å²) < 4.78 is 32.4. The highest BCUT2D eigenvalue weighted by Crippen LogP contribution is 2.25. The molecule has 2 aromatic carbocycles. The Morgan fingerprint density at radius 2 is 2.04 bits per heavy atom. The van der Waals surface area contributed by atoms with E-state index in [9.17, 15) is 18.8 Å². The fourth-order valence-electron chi connectivity index (χ4n) is 1.90. The number of carbonyl (C=O) groups excluding carboxylic acids is 1. The summed E-state index contributed by atoms with van der Waals surface area (Å²) in [6.07, 6.45) is 1.32. The quantitative estimate of drug-likeness (QED) is 0.623. The standard InChI is InChI=1S/C17H11BrF2N2O2/c1-24-16-5-2-12(18)7-10(16)6-11(9-21)17(23)22-15-4-3-13(19)8-14(15)20/h2-8H,1H3,(H,22,23)/b11-6+. The molecule has 2 rings (SSSR count). The van der Waals surface area contributed by atoms with Gasteiger partial charge in [0.25, 0.3) is 5.91 Å². The monoisotopic (exact) mass is 392 g/mol. The third-order valence-corrected chi connectivity index (χ3v) is 3.53. The number of amides is 1. The van der Waals surface area contributed by atoms with Crippen LogP contribution in [0, 0.1) is 23.0 Å². The van der Waals surface area contributed by atoms with E-state index in [-0.39, 0.29) is 11.3 Å². The Hall–Kier alpha value is -2.72. The zero-order valence-corrected chi connectivity index (χ0v) is 14.0. The number of benzene rings is 2. The molecule has 1 amide bonds. The van der Waals surface area contributed by atoms with Crippen molar-refractivity contribution in [3.63, 3.8) is 0 Å². The normalized spacial score (nSPS) is 10.9. The highest BCUT2D eigenvalue weighted by molar-refractivity contribution is 9.10. The van der Waals surface area contributed by atoms with E-state index in [0.717, 1.165) is 16.6 Å². The molecular formula is C17H11BrF2N2O2. The Kier molecular flexibility index (Phi) is 5.66. The molecule has 0 spiro atoms. The number of nitriles is 1. The lowest BCUT2D eigenvalue weighted by Gasteiger charge is -2.08. The molecule has 2 aromatic rings. The average molecular weight is 393 g/mol. The Morgan fingerprint density at radius 3 is 2.67 bits per heavy atom. The topological polar surface area (TPSA) is 62.1 Å². The zero-order valence-electron chi connectivity index (χ0n) is 12.4. The van der Waals surface area contributed by atoms with Crippen LogP contribution in [-0.2, 0) is 4.79 Å². The second-order valence-corrected chi connectivity index (χ2v) is 5.55. The van der Waals surface area contributed by atoms with E-state index in [4.69, 9.17) is 4.74 Å². The van der Waals surface area contributed by atoms with Gasteiger partial charge in [-0.3, -0.25) is 4.79 Å². The van der Waals surface area contributed by atoms with Crippen LogP contribution in [0.5, 0.6) is 5.75 Å². The van der Waals surface area contributed by atoms with E-state index in [0.29, 0.717) is 17.4 Å². The van der Waals surface area contributed by atoms with Crippen LogP contribution in [0.1, 0.15) is 5.56 Å². The Bertz CT molecular complexity index is 860. The van der Waals surface area contributed by atoms with Gasteiger partial charge in [-0.25, -0.2) is 8.78 Å². The van der Waals surface area contributed by atoms with E-state index >= 15 is 0 Å². The number of methoxy groups -OCH3 is 1. The number of ether oxygens (including phenoxy) is 1. The Morgan fingerprint density at radius 1 is 1.29 bits per heavy atom. The molecule has 0 aliphatic carbocycles.